The fourth-order valence-corrected chi connectivity index (χ4v) is 4.57. The molecule has 5 nitrogen and oxygen atoms in total. The van der Waals surface area contributed by atoms with E-state index in [0.717, 1.165) is 32.5 Å². The van der Waals surface area contributed by atoms with Crippen LogP contribution < -0.4 is 0 Å². The van der Waals surface area contributed by atoms with E-state index in [4.69, 9.17) is 0 Å². The summed E-state index contributed by atoms with van der Waals surface area (Å²) < 4.78 is 0. The zero-order valence-electron chi connectivity index (χ0n) is 15.4. The molecule has 1 aromatic rings. The van der Waals surface area contributed by atoms with E-state index >= 15 is 0 Å². The molecule has 1 atom stereocenters. The minimum absolute atomic E-state index is 0.0201. The van der Waals surface area contributed by atoms with Gasteiger partial charge in [0.05, 0.1) is 0 Å². The SMILES string of the molecule is CC(=O)N1CC2(CCN(Cc3cc(C)cc(C)c3)CC2)C[C@H]1C(=O)O. The molecular weight excluding hydrogens is 316 g/mol. The van der Waals surface area contributed by atoms with Crippen LogP contribution >= 0.6 is 0 Å². The molecule has 1 amide bonds. The first-order chi connectivity index (χ1) is 11.8. The van der Waals surface area contributed by atoms with Crippen LogP contribution in [0.2, 0.25) is 0 Å². The molecule has 136 valence electrons. The van der Waals surface area contributed by atoms with Crippen molar-refractivity contribution in [1.29, 1.82) is 0 Å². The van der Waals surface area contributed by atoms with Gasteiger partial charge in [-0.25, -0.2) is 4.79 Å². The molecule has 0 bridgehead atoms. The van der Waals surface area contributed by atoms with E-state index in [1.807, 2.05) is 0 Å². The first-order valence-electron chi connectivity index (χ1n) is 9.08. The highest BCUT2D eigenvalue weighted by Crippen LogP contribution is 2.43. The molecule has 5 heteroatoms. The number of nitrogens with zero attached hydrogens (tertiary/aromatic N) is 2. The third kappa shape index (κ3) is 3.87. The van der Waals surface area contributed by atoms with Gasteiger partial charge in [0.1, 0.15) is 6.04 Å². The summed E-state index contributed by atoms with van der Waals surface area (Å²) in [7, 11) is 0. The normalized spacial score (nSPS) is 23.2. The van der Waals surface area contributed by atoms with Crippen molar-refractivity contribution in [3.05, 3.63) is 34.9 Å². The molecule has 0 aromatic heterocycles. The lowest BCUT2D eigenvalue weighted by molar-refractivity contribution is -0.147. The first kappa shape index (κ1) is 17.9. The van der Waals surface area contributed by atoms with Crippen LogP contribution in [0.15, 0.2) is 18.2 Å². The maximum atomic E-state index is 11.8. The van der Waals surface area contributed by atoms with E-state index in [-0.39, 0.29) is 11.3 Å². The van der Waals surface area contributed by atoms with Crippen molar-refractivity contribution >= 4 is 11.9 Å². The van der Waals surface area contributed by atoms with Crippen molar-refractivity contribution in [3.8, 4) is 0 Å². The molecule has 1 aromatic carbocycles. The molecule has 2 aliphatic heterocycles. The van der Waals surface area contributed by atoms with Gasteiger partial charge in [-0.1, -0.05) is 29.3 Å². The number of piperidine rings is 1. The molecule has 1 N–H and O–H groups in total. The van der Waals surface area contributed by atoms with Crippen molar-refractivity contribution < 1.29 is 14.7 Å². The summed E-state index contributed by atoms with van der Waals surface area (Å²) in [6, 6.07) is 6.02. The van der Waals surface area contributed by atoms with E-state index < -0.39 is 12.0 Å². The monoisotopic (exact) mass is 344 g/mol. The second-order valence-electron chi connectivity index (χ2n) is 7.98. The number of aryl methyl sites for hydroxylation is 2. The van der Waals surface area contributed by atoms with Gasteiger partial charge in [0.2, 0.25) is 5.91 Å². The van der Waals surface area contributed by atoms with Crippen LogP contribution in [0.25, 0.3) is 0 Å². The third-order valence-electron chi connectivity index (χ3n) is 5.80. The van der Waals surface area contributed by atoms with Gasteiger partial charge in [0.15, 0.2) is 0 Å². The Morgan fingerprint density at radius 1 is 1.16 bits per heavy atom. The molecule has 0 unspecified atom stereocenters. The van der Waals surface area contributed by atoms with Gasteiger partial charge >= 0.3 is 5.97 Å². The minimum atomic E-state index is -0.871. The number of carboxylic acids is 1. The fourth-order valence-electron chi connectivity index (χ4n) is 4.57. The molecule has 2 heterocycles. The van der Waals surface area contributed by atoms with E-state index in [1.165, 1.54) is 23.6 Å². The molecule has 0 radical (unpaired) electrons. The predicted molar refractivity (Wildman–Crippen MR) is 96.3 cm³/mol. The van der Waals surface area contributed by atoms with Gasteiger partial charge in [-0.2, -0.15) is 0 Å². The van der Waals surface area contributed by atoms with Gasteiger partial charge in [0.25, 0.3) is 0 Å². The molecule has 25 heavy (non-hydrogen) atoms. The second kappa shape index (κ2) is 6.79. The zero-order valence-corrected chi connectivity index (χ0v) is 15.4. The fraction of sp³-hybridized carbons (Fsp3) is 0.600. The van der Waals surface area contributed by atoms with Crippen LogP contribution in [0.4, 0.5) is 0 Å². The maximum absolute atomic E-state index is 11.8. The number of carbonyl (C=O) groups is 2. The van der Waals surface area contributed by atoms with Crippen molar-refractivity contribution in [2.24, 2.45) is 5.41 Å². The summed E-state index contributed by atoms with van der Waals surface area (Å²) in [5, 5.41) is 9.44. The van der Waals surface area contributed by atoms with Crippen molar-refractivity contribution in [3.63, 3.8) is 0 Å². The standard InChI is InChI=1S/C20H28N2O3/c1-14-8-15(2)10-17(9-14)12-21-6-4-20(5-7-21)11-18(19(24)25)22(13-20)16(3)23/h8-10,18H,4-7,11-13H2,1-3H3,(H,24,25)/t18-/m0/s1. The van der Waals surface area contributed by atoms with Crippen LogP contribution in [0.3, 0.4) is 0 Å². The number of amides is 1. The minimum Gasteiger partial charge on any atom is -0.480 e. The summed E-state index contributed by atoms with van der Waals surface area (Å²) in [6.45, 7) is 9.19. The summed E-state index contributed by atoms with van der Waals surface area (Å²) in [4.78, 5) is 27.3. The van der Waals surface area contributed by atoms with Crippen LogP contribution in [-0.2, 0) is 16.1 Å². The second-order valence-corrected chi connectivity index (χ2v) is 7.98. The van der Waals surface area contributed by atoms with E-state index in [2.05, 4.69) is 36.9 Å². The largest absolute Gasteiger partial charge is 0.480 e. The van der Waals surface area contributed by atoms with E-state index in [1.54, 1.807) is 4.90 Å². The molecule has 2 saturated heterocycles. The van der Waals surface area contributed by atoms with Gasteiger partial charge in [-0.15, -0.1) is 0 Å². The Morgan fingerprint density at radius 3 is 2.24 bits per heavy atom. The summed E-state index contributed by atoms with van der Waals surface area (Å²) >= 11 is 0. The van der Waals surface area contributed by atoms with Crippen molar-refractivity contribution in [1.82, 2.24) is 9.80 Å². The molecule has 0 saturated carbocycles. The number of benzene rings is 1. The number of likely N-dealkylation sites (tertiary alicyclic amines) is 2. The Labute approximate surface area is 149 Å². The zero-order chi connectivity index (χ0) is 18.2. The van der Waals surface area contributed by atoms with E-state index in [0.29, 0.717) is 13.0 Å². The first-order valence-corrected chi connectivity index (χ1v) is 9.08. The Hall–Kier alpha value is -1.88. The Balaban J connectivity index is 1.63. The highest BCUT2D eigenvalue weighted by atomic mass is 16.4. The Bertz CT molecular complexity index is 633. The van der Waals surface area contributed by atoms with Crippen molar-refractivity contribution in [2.45, 2.75) is 52.6 Å². The van der Waals surface area contributed by atoms with E-state index in [9.17, 15) is 14.7 Å². The summed E-state index contributed by atoms with van der Waals surface area (Å²) in [5.74, 6) is -0.994. The lowest BCUT2D eigenvalue weighted by Crippen LogP contribution is -2.42. The smallest absolute Gasteiger partial charge is 0.326 e. The summed E-state index contributed by atoms with van der Waals surface area (Å²) in [5.41, 5.74) is 3.91. The maximum Gasteiger partial charge on any atom is 0.326 e. The highest BCUT2D eigenvalue weighted by molar-refractivity contribution is 5.83. The van der Waals surface area contributed by atoms with Gasteiger partial charge in [-0.05, 0) is 57.2 Å². The van der Waals surface area contributed by atoms with Crippen LogP contribution in [-0.4, -0.2) is 52.5 Å². The number of carboxylic acid groups (broad SMARTS) is 1. The highest BCUT2D eigenvalue weighted by Gasteiger charge is 2.48. The predicted octanol–water partition coefficient (Wildman–Crippen LogP) is 2.59. The molecule has 3 rings (SSSR count). The van der Waals surface area contributed by atoms with Crippen LogP contribution in [0, 0.1) is 19.3 Å². The third-order valence-corrected chi connectivity index (χ3v) is 5.80. The number of rotatable bonds is 3. The lowest BCUT2D eigenvalue weighted by Gasteiger charge is -2.39. The molecule has 2 aliphatic rings. The average Bonchev–Trinajstić information content (AvgIpc) is 2.89. The average molecular weight is 344 g/mol. The quantitative estimate of drug-likeness (QED) is 0.915. The summed E-state index contributed by atoms with van der Waals surface area (Å²) in [6.07, 6.45) is 2.52. The molecule has 0 aliphatic carbocycles. The van der Waals surface area contributed by atoms with Gasteiger partial charge in [0, 0.05) is 20.0 Å². The number of aliphatic carboxylic acids is 1. The lowest BCUT2D eigenvalue weighted by atomic mass is 9.76. The van der Waals surface area contributed by atoms with Gasteiger partial charge < -0.3 is 10.0 Å². The molecular formula is C20H28N2O3. The van der Waals surface area contributed by atoms with Gasteiger partial charge in [-0.3, -0.25) is 9.69 Å². The molecule has 2 fully saturated rings. The number of hydrogen-bond donors (Lipinski definition) is 1. The van der Waals surface area contributed by atoms with Crippen LogP contribution in [0.5, 0.6) is 0 Å². The molecule has 1 spiro atoms. The Morgan fingerprint density at radius 2 is 1.76 bits per heavy atom. The van der Waals surface area contributed by atoms with Crippen LogP contribution in [0.1, 0.15) is 42.9 Å². The number of hydrogen-bond acceptors (Lipinski definition) is 3. The Kier molecular flexibility index (Phi) is 4.87. The topological polar surface area (TPSA) is 60.9 Å². The van der Waals surface area contributed by atoms with Crippen molar-refractivity contribution in [2.75, 3.05) is 19.6 Å². The number of carbonyl (C=O) groups excluding carboxylic acids is 1.